The smallest absolute Gasteiger partial charge is 0.272 e. The van der Waals surface area contributed by atoms with Crippen LogP contribution in [0.5, 0.6) is 0 Å². The molecular formula is C24H22FN3O4. The van der Waals surface area contributed by atoms with Gasteiger partial charge in [-0.3, -0.25) is 14.4 Å². The molecule has 1 aromatic heterocycles. The molecule has 0 aliphatic carbocycles. The van der Waals surface area contributed by atoms with Crippen LogP contribution in [0.3, 0.4) is 0 Å². The molecule has 0 bridgehead atoms. The number of carbonyl (C=O) groups excluding carboxylic acids is 3. The summed E-state index contributed by atoms with van der Waals surface area (Å²) in [5.41, 5.74) is 1.21. The average Bonchev–Trinajstić information content (AvgIpc) is 2.95. The maximum Gasteiger partial charge on any atom is 0.272 e. The number of Topliss-reactive ketones (excluding diaryl/α,β-unsaturated/α-hetero) is 2. The number of amides is 1. The van der Waals surface area contributed by atoms with Crippen molar-refractivity contribution in [3.63, 3.8) is 0 Å². The maximum absolute atomic E-state index is 13.6. The van der Waals surface area contributed by atoms with Crippen LogP contribution in [-0.4, -0.2) is 35.3 Å². The van der Waals surface area contributed by atoms with E-state index in [0.717, 1.165) is 6.07 Å². The van der Waals surface area contributed by atoms with E-state index in [1.165, 1.54) is 16.7 Å². The quantitative estimate of drug-likeness (QED) is 0.312. The van der Waals surface area contributed by atoms with Gasteiger partial charge < -0.3 is 14.6 Å². The highest BCUT2D eigenvalue weighted by Crippen LogP contribution is 2.28. The van der Waals surface area contributed by atoms with Crippen LogP contribution in [0, 0.1) is 50.4 Å². The Morgan fingerprint density at radius 3 is 2.62 bits per heavy atom. The van der Waals surface area contributed by atoms with Crippen LogP contribution in [-0.2, 0) is 16.6 Å². The highest BCUT2D eigenvalue weighted by Gasteiger charge is 2.33. The normalized spacial score (nSPS) is 14.1. The first-order valence-corrected chi connectivity index (χ1v) is 9.95. The molecule has 1 aromatic carbocycles. The van der Waals surface area contributed by atoms with Gasteiger partial charge in [-0.1, -0.05) is 0 Å². The fraction of sp³-hybridized carbons (Fsp3) is 0.333. The zero-order valence-electron chi connectivity index (χ0n) is 18.0. The lowest BCUT2D eigenvalue weighted by Gasteiger charge is -2.30. The summed E-state index contributed by atoms with van der Waals surface area (Å²) in [6.07, 6.45) is 5.46. The van der Waals surface area contributed by atoms with Crippen LogP contribution in [0.15, 0.2) is 18.2 Å². The molecule has 3 rings (SSSR count). The first-order valence-electron chi connectivity index (χ1n) is 9.95. The lowest BCUT2D eigenvalue weighted by atomic mass is 9.85. The standard InChI is InChI=1S/C24H22FN3O4/c1-6-15(16-11-32-12-16)9-20(29)23(30)21-13(2)22(28(5)14(21)3)24(31)27-17-7-8-18(25)19(10-17)26-4/h1,7-8,10,15-16H,9,11-12H2,2-3,5H3,(H,27,31)/t15-/m1/s1. The van der Waals surface area contributed by atoms with Crippen molar-refractivity contribution < 1.29 is 23.5 Å². The van der Waals surface area contributed by atoms with E-state index in [0.29, 0.717) is 24.5 Å². The number of ketones is 2. The number of nitrogens with one attached hydrogen (secondary N) is 1. The molecule has 1 aliphatic rings. The molecule has 1 saturated heterocycles. The first kappa shape index (κ1) is 22.9. The summed E-state index contributed by atoms with van der Waals surface area (Å²) in [6, 6.07) is 3.66. The lowest BCUT2D eigenvalue weighted by Crippen LogP contribution is -2.35. The van der Waals surface area contributed by atoms with E-state index >= 15 is 0 Å². The van der Waals surface area contributed by atoms with Crippen molar-refractivity contribution in [2.75, 3.05) is 18.5 Å². The number of carbonyl (C=O) groups is 3. The van der Waals surface area contributed by atoms with Gasteiger partial charge in [-0.25, -0.2) is 9.24 Å². The summed E-state index contributed by atoms with van der Waals surface area (Å²) in [7, 11) is 1.61. The molecule has 8 heteroatoms. The van der Waals surface area contributed by atoms with Gasteiger partial charge in [0.15, 0.2) is 0 Å². The Hall–Kier alpha value is -3.75. The van der Waals surface area contributed by atoms with E-state index in [2.05, 4.69) is 16.1 Å². The predicted octanol–water partition coefficient (Wildman–Crippen LogP) is 3.62. The van der Waals surface area contributed by atoms with E-state index < -0.39 is 23.3 Å². The lowest BCUT2D eigenvalue weighted by molar-refractivity contribution is -0.117. The molecule has 164 valence electrons. The first-order chi connectivity index (χ1) is 15.2. The summed E-state index contributed by atoms with van der Waals surface area (Å²) >= 11 is 0. The van der Waals surface area contributed by atoms with Gasteiger partial charge in [0.05, 0.1) is 25.3 Å². The number of terminal acetylenes is 1. The molecule has 1 fully saturated rings. The molecular weight excluding hydrogens is 413 g/mol. The Bertz CT molecular complexity index is 1200. The Balaban J connectivity index is 1.85. The predicted molar refractivity (Wildman–Crippen MR) is 116 cm³/mol. The number of benzene rings is 1. The van der Waals surface area contributed by atoms with Gasteiger partial charge in [0.25, 0.3) is 5.91 Å². The third kappa shape index (κ3) is 4.18. The highest BCUT2D eigenvalue weighted by molar-refractivity contribution is 6.44. The van der Waals surface area contributed by atoms with Crippen LogP contribution < -0.4 is 5.32 Å². The number of anilines is 1. The molecule has 0 radical (unpaired) electrons. The van der Waals surface area contributed by atoms with Crippen LogP contribution in [0.25, 0.3) is 4.85 Å². The van der Waals surface area contributed by atoms with E-state index in [1.807, 2.05) is 0 Å². The van der Waals surface area contributed by atoms with Crippen molar-refractivity contribution in [1.29, 1.82) is 0 Å². The monoisotopic (exact) mass is 435 g/mol. The minimum absolute atomic E-state index is 0.0621. The summed E-state index contributed by atoms with van der Waals surface area (Å²) in [6.45, 7) is 11.2. The summed E-state index contributed by atoms with van der Waals surface area (Å²) in [5, 5.41) is 2.62. The average molecular weight is 435 g/mol. The second-order valence-electron chi connectivity index (χ2n) is 7.75. The van der Waals surface area contributed by atoms with Gasteiger partial charge in [-0.05, 0) is 37.6 Å². The van der Waals surface area contributed by atoms with E-state index in [4.69, 9.17) is 17.7 Å². The second-order valence-corrected chi connectivity index (χ2v) is 7.75. The van der Waals surface area contributed by atoms with Crippen molar-refractivity contribution in [3.05, 3.63) is 57.9 Å². The number of hydrogen-bond donors (Lipinski definition) is 1. The van der Waals surface area contributed by atoms with Crippen molar-refractivity contribution in [2.45, 2.75) is 20.3 Å². The SMILES string of the molecule is [C-]#[N+]c1cc(NC(=O)c2c(C)c(C(=O)C(=O)C[C@@H](C#C)C3COC3)c(C)n2C)ccc1F. The highest BCUT2D eigenvalue weighted by atomic mass is 19.1. The number of ether oxygens (including phenoxy) is 1. The van der Waals surface area contributed by atoms with Crippen LogP contribution in [0.1, 0.15) is 38.5 Å². The maximum atomic E-state index is 13.6. The molecule has 1 amide bonds. The number of rotatable bonds is 7. The minimum Gasteiger partial charge on any atom is -0.381 e. The Kier molecular flexibility index (Phi) is 6.57. The van der Waals surface area contributed by atoms with Crippen LogP contribution in [0.4, 0.5) is 15.8 Å². The zero-order chi connectivity index (χ0) is 23.6. The van der Waals surface area contributed by atoms with Crippen LogP contribution >= 0.6 is 0 Å². The van der Waals surface area contributed by atoms with E-state index in [1.54, 1.807) is 20.9 Å². The Morgan fingerprint density at radius 2 is 2.06 bits per heavy atom. The van der Waals surface area contributed by atoms with Gasteiger partial charge >= 0.3 is 0 Å². The third-order valence-electron chi connectivity index (χ3n) is 5.80. The van der Waals surface area contributed by atoms with Gasteiger partial charge in [0, 0.05) is 36.7 Å². The second kappa shape index (κ2) is 9.17. The fourth-order valence-electron chi connectivity index (χ4n) is 3.78. The van der Waals surface area contributed by atoms with Gasteiger partial charge in [0.1, 0.15) is 11.5 Å². The van der Waals surface area contributed by atoms with Crippen LogP contribution in [0.2, 0.25) is 0 Å². The molecule has 7 nitrogen and oxygen atoms in total. The number of nitrogens with zero attached hydrogens (tertiary/aromatic N) is 2. The van der Waals surface area contributed by atoms with Crippen molar-refractivity contribution in [2.24, 2.45) is 18.9 Å². The minimum atomic E-state index is -0.688. The Labute approximate surface area is 185 Å². The van der Waals surface area contributed by atoms with E-state index in [-0.39, 0.29) is 40.9 Å². The number of halogens is 1. The topological polar surface area (TPSA) is 81.8 Å². The summed E-state index contributed by atoms with van der Waals surface area (Å²) in [4.78, 5) is 41.6. The van der Waals surface area contributed by atoms with Gasteiger partial charge in [-0.15, -0.1) is 12.3 Å². The molecule has 0 unspecified atom stereocenters. The largest absolute Gasteiger partial charge is 0.381 e. The zero-order valence-corrected chi connectivity index (χ0v) is 18.0. The fourth-order valence-corrected chi connectivity index (χ4v) is 3.78. The van der Waals surface area contributed by atoms with Crippen molar-refractivity contribution >= 4 is 28.8 Å². The van der Waals surface area contributed by atoms with Gasteiger partial charge in [0.2, 0.25) is 17.3 Å². The molecule has 1 N–H and O–H groups in total. The molecule has 1 atom stereocenters. The van der Waals surface area contributed by atoms with Crippen molar-refractivity contribution in [1.82, 2.24) is 4.57 Å². The molecule has 2 heterocycles. The molecule has 2 aromatic rings. The molecule has 1 aliphatic heterocycles. The number of aromatic nitrogens is 1. The molecule has 32 heavy (non-hydrogen) atoms. The van der Waals surface area contributed by atoms with E-state index in [9.17, 15) is 18.8 Å². The number of hydrogen-bond acceptors (Lipinski definition) is 4. The summed E-state index contributed by atoms with van der Waals surface area (Å²) < 4.78 is 20.2. The van der Waals surface area contributed by atoms with Crippen molar-refractivity contribution in [3.8, 4) is 12.3 Å². The molecule has 0 spiro atoms. The Morgan fingerprint density at radius 1 is 1.38 bits per heavy atom. The third-order valence-corrected chi connectivity index (χ3v) is 5.80. The van der Waals surface area contributed by atoms with Gasteiger partial charge in [-0.2, -0.15) is 0 Å². The summed E-state index contributed by atoms with van der Waals surface area (Å²) in [5.74, 6) is -0.262. The molecule has 0 saturated carbocycles.